The molecule has 0 aliphatic heterocycles. The Morgan fingerprint density at radius 3 is 2.40 bits per heavy atom. The number of nitrogens with one attached hydrogen (secondary N) is 1. The molecule has 2 aromatic rings. The highest BCUT2D eigenvalue weighted by Gasteiger charge is 2.25. The number of fused-ring (bicyclic) bond motifs is 1. The predicted molar refractivity (Wildman–Crippen MR) is 74.5 cm³/mol. The Morgan fingerprint density at radius 2 is 1.75 bits per heavy atom. The summed E-state index contributed by atoms with van der Waals surface area (Å²) in [4.78, 5) is 23.2. The van der Waals surface area contributed by atoms with Crippen molar-refractivity contribution in [3.05, 3.63) is 48.0 Å². The van der Waals surface area contributed by atoms with E-state index in [9.17, 15) is 14.7 Å². The van der Waals surface area contributed by atoms with E-state index in [-0.39, 0.29) is 0 Å². The Hall–Kier alpha value is -2.40. The summed E-state index contributed by atoms with van der Waals surface area (Å²) in [7, 11) is 0. The second kappa shape index (κ2) is 5.71. The first-order valence-corrected chi connectivity index (χ1v) is 6.20. The first-order chi connectivity index (χ1) is 9.50. The average Bonchev–Trinajstić information content (AvgIpc) is 2.43. The first-order valence-electron chi connectivity index (χ1n) is 6.20. The Balaban J connectivity index is 2.34. The van der Waals surface area contributed by atoms with Crippen LogP contribution in [0, 0.1) is 0 Å². The molecule has 0 heterocycles. The number of aliphatic carboxylic acids is 1. The monoisotopic (exact) mass is 273 g/mol. The summed E-state index contributed by atoms with van der Waals surface area (Å²) < 4.78 is 0. The van der Waals surface area contributed by atoms with Crippen molar-refractivity contribution < 1.29 is 19.8 Å². The standard InChI is InChI=1S/C15H15NO4/c1-9(17)13(15(19)20)16-14(18)12-8-4-6-10-5-2-3-7-11(10)12/h2-9,13,17H,1H3,(H,16,18)(H,19,20)/t9-,13+/m1/s1. The van der Waals surface area contributed by atoms with Gasteiger partial charge in [0, 0.05) is 5.56 Å². The van der Waals surface area contributed by atoms with E-state index in [1.807, 2.05) is 24.3 Å². The van der Waals surface area contributed by atoms with Gasteiger partial charge in [-0.1, -0.05) is 36.4 Å². The normalized spacial score (nSPS) is 13.7. The molecule has 5 nitrogen and oxygen atoms in total. The Kier molecular flexibility index (Phi) is 4.00. The second-order valence-electron chi connectivity index (χ2n) is 4.56. The summed E-state index contributed by atoms with van der Waals surface area (Å²) in [6.45, 7) is 1.32. The van der Waals surface area contributed by atoms with E-state index >= 15 is 0 Å². The van der Waals surface area contributed by atoms with Crippen molar-refractivity contribution in [2.75, 3.05) is 0 Å². The van der Waals surface area contributed by atoms with Crippen LogP contribution >= 0.6 is 0 Å². The number of amides is 1. The lowest BCUT2D eigenvalue weighted by molar-refractivity contribution is -0.141. The maximum Gasteiger partial charge on any atom is 0.328 e. The molecule has 0 saturated heterocycles. The molecule has 0 aromatic heterocycles. The average molecular weight is 273 g/mol. The largest absolute Gasteiger partial charge is 0.480 e. The molecule has 0 aliphatic carbocycles. The van der Waals surface area contributed by atoms with Gasteiger partial charge < -0.3 is 15.5 Å². The van der Waals surface area contributed by atoms with E-state index in [4.69, 9.17) is 5.11 Å². The number of rotatable bonds is 4. The Morgan fingerprint density at radius 1 is 1.10 bits per heavy atom. The number of aliphatic hydroxyl groups excluding tert-OH is 1. The molecule has 3 N–H and O–H groups in total. The molecule has 0 aliphatic rings. The van der Waals surface area contributed by atoms with Gasteiger partial charge in [-0.15, -0.1) is 0 Å². The topological polar surface area (TPSA) is 86.6 Å². The van der Waals surface area contributed by atoms with Crippen LogP contribution in [-0.4, -0.2) is 34.2 Å². The van der Waals surface area contributed by atoms with Crippen molar-refractivity contribution >= 4 is 22.6 Å². The van der Waals surface area contributed by atoms with Gasteiger partial charge in [-0.05, 0) is 23.8 Å². The Bertz CT molecular complexity index is 646. The van der Waals surface area contributed by atoms with Crippen LogP contribution in [0.5, 0.6) is 0 Å². The lowest BCUT2D eigenvalue weighted by atomic mass is 10.0. The smallest absolute Gasteiger partial charge is 0.328 e. The maximum atomic E-state index is 12.2. The molecule has 2 rings (SSSR count). The van der Waals surface area contributed by atoms with Crippen LogP contribution in [0.25, 0.3) is 10.8 Å². The van der Waals surface area contributed by atoms with Crippen molar-refractivity contribution in [3.63, 3.8) is 0 Å². The van der Waals surface area contributed by atoms with E-state index in [2.05, 4.69) is 5.32 Å². The molecule has 2 aromatic carbocycles. The van der Waals surface area contributed by atoms with Gasteiger partial charge in [-0.3, -0.25) is 4.79 Å². The summed E-state index contributed by atoms with van der Waals surface area (Å²) in [6, 6.07) is 11.2. The van der Waals surface area contributed by atoms with E-state index in [0.29, 0.717) is 5.56 Å². The van der Waals surface area contributed by atoms with Crippen molar-refractivity contribution in [2.45, 2.75) is 19.1 Å². The van der Waals surface area contributed by atoms with Crippen LogP contribution in [-0.2, 0) is 4.79 Å². The number of hydrogen-bond acceptors (Lipinski definition) is 3. The van der Waals surface area contributed by atoms with Crippen LogP contribution in [0.3, 0.4) is 0 Å². The number of benzene rings is 2. The van der Waals surface area contributed by atoms with Gasteiger partial charge in [-0.25, -0.2) is 4.79 Å². The van der Waals surface area contributed by atoms with E-state index in [0.717, 1.165) is 10.8 Å². The lowest BCUT2D eigenvalue weighted by Crippen LogP contribution is -2.47. The quantitative estimate of drug-likeness (QED) is 0.786. The highest BCUT2D eigenvalue weighted by Crippen LogP contribution is 2.18. The number of aliphatic hydroxyl groups is 1. The minimum Gasteiger partial charge on any atom is -0.480 e. The number of hydrogen-bond donors (Lipinski definition) is 3. The molecule has 5 heteroatoms. The SMILES string of the molecule is C[C@@H](O)[C@H](NC(=O)c1cccc2ccccc12)C(=O)O. The molecule has 2 atom stereocenters. The zero-order valence-corrected chi connectivity index (χ0v) is 10.9. The van der Waals surface area contributed by atoms with Gasteiger partial charge in [0.15, 0.2) is 6.04 Å². The Labute approximate surface area is 115 Å². The zero-order valence-electron chi connectivity index (χ0n) is 10.9. The third-order valence-electron chi connectivity index (χ3n) is 3.07. The van der Waals surface area contributed by atoms with Crippen molar-refractivity contribution in [3.8, 4) is 0 Å². The number of carbonyl (C=O) groups is 2. The first kappa shape index (κ1) is 14.0. The zero-order chi connectivity index (χ0) is 14.7. The second-order valence-corrected chi connectivity index (χ2v) is 4.56. The molecule has 0 radical (unpaired) electrons. The van der Waals surface area contributed by atoms with Crippen LogP contribution < -0.4 is 5.32 Å². The number of carboxylic acid groups (broad SMARTS) is 1. The highest BCUT2D eigenvalue weighted by atomic mass is 16.4. The van der Waals surface area contributed by atoms with Gasteiger partial charge in [0.25, 0.3) is 5.91 Å². The van der Waals surface area contributed by atoms with Gasteiger partial charge >= 0.3 is 5.97 Å². The van der Waals surface area contributed by atoms with Crippen LogP contribution in [0.1, 0.15) is 17.3 Å². The molecule has 1 amide bonds. The van der Waals surface area contributed by atoms with Gasteiger partial charge in [0.1, 0.15) is 0 Å². The minimum absolute atomic E-state index is 0.384. The molecular weight excluding hydrogens is 258 g/mol. The summed E-state index contributed by atoms with van der Waals surface area (Å²) in [5, 5.41) is 22.3. The molecule has 0 fully saturated rings. The molecule has 0 bridgehead atoms. The summed E-state index contributed by atoms with van der Waals surface area (Å²) in [6.07, 6.45) is -1.17. The van der Waals surface area contributed by atoms with E-state index < -0.39 is 24.0 Å². The lowest BCUT2D eigenvalue weighted by Gasteiger charge is -2.17. The van der Waals surface area contributed by atoms with Crippen LogP contribution in [0.2, 0.25) is 0 Å². The molecular formula is C15H15NO4. The van der Waals surface area contributed by atoms with Gasteiger partial charge in [-0.2, -0.15) is 0 Å². The van der Waals surface area contributed by atoms with Crippen molar-refractivity contribution in [1.29, 1.82) is 0 Å². The van der Waals surface area contributed by atoms with Crippen molar-refractivity contribution in [1.82, 2.24) is 5.32 Å². The minimum atomic E-state index is -1.33. The van der Waals surface area contributed by atoms with Crippen molar-refractivity contribution in [2.24, 2.45) is 0 Å². The summed E-state index contributed by atoms with van der Waals surface area (Å²) in [5.74, 6) is -1.79. The van der Waals surface area contributed by atoms with Gasteiger partial charge in [0.05, 0.1) is 6.10 Å². The fourth-order valence-electron chi connectivity index (χ4n) is 2.03. The molecule has 0 unspecified atom stereocenters. The highest BCUT2D eigenvalue weighted by molar-refractivity contribution is 6.07. The third kappa shape index (κ3) is 2.78. The molecule has 104 valence electrons. The van der Waals surface area contributed by atoms with Crippen LogP contribution in [0.4, 0.5) is 0 Å². The summed E-state index contributed by atoms with van der Waals surface area (Å²) in [5.41, 5.74) is 0.384. The fourth-order valence-corrected chi connectivity index (χ4v) is 2.03. The number of carboxylic acids is 1. The molecule has 20 heavy (non-hydrogen) atoms. The molecule has 0 saturated carbocycles. The summed E-state index contributed by atoms with van der Waals surface area (Å²) >= 11 is 0. The maximum absolute atomic E-state index is 12.2. The predicted octanol–water partition coefficient (Wildman–Crippen LogP) is 1.40. The fraction of sp³-hybridized carbons (Fsp3) is 0.200. The van der Waals surface area contributed by atoms with Crippen LogP contribution in [0.15, 0.2) is 42.5 Å². The van der Waals surface area contributed by atoms with E-state index in [1.165, 1.54) is 6.92 Å². The van der Waals surface area contributed by atoms with E-state index in [1.54, 1.807) is 18.2 Å². The number of carbonyl (C=O) groups excluding carboxylic acids is 1. The van der Waals surface area contributed by atoms with Gasteiger partial charge in [0.2, 0.25) is 0 Å². The molecule has 0 spiro atoms. The third-order valence-corrected chi connectivity index (χ3v) is 3.07.